The van der Waals surface area contributed by atoms with Gasteiger partial charge in [0.05, 0.1) is 16.7 Å². The van der Waals surface area contributed by atoms with Crippen molar-refractivity contribution in [2.75, 3.05) is 6.61 Å². The van der Waals surface area contributed by atoms with Crippen LogP contribution in [-0.2, 0) is 18.9 Å². The van der Waals surface area contributed by atoms with E-state index in [4.69, 9.17) is 28.1 Å². The van der Waals surface area contributed by atoms with Crippen molar-refractivity contribution in [2.45, 2.75) is 31.5 Å². The Morgan fingerprint density at radius 1 is 0.674 bits per heavy atom. The molecule has 46 heavy (non-hydrogen) atoms. The minimum Gasteiger partial charge on any atom is -0.461 e. The van der Waals surface area contributed by atoms with Gasteiger partial charge in [-0.15, -0.1) is 0 Å². The quantitative estimate of drug-likeness (QED) is 0.118. The van der Waals surface area contributed by atoms with Crippen molar-refractivity contribution in [3.05, 3.63) is 148 Å². The standard InChI is InChI=1S/C36H28O10/c1-22-19-30(37)43-28-20-26(17-18-27(22)28)42-36-32(46-35(40)25-15-9-4-10-16-25)31(45-34(39)24-13-7-3-8-14-24)29(44-36)21-41-33(38)23-11-5-2-6-12-23/h2-20,29,31-32,36H,21H2,1H3/t29-,31-,32+,36+/m0/s1. The second-order valence-electron chi connectivity index (χ2n) is 10.5. The molecule has 6 rings (SSSR count). The molecule has 10 heteroatoms. The lowest BCUT2D eigenvalue weighted by molar-refractivity contribution is -0.120. The number of carbonyl (C=O) groups excluding carboxylic acids is 3. The predicted molar refractivity (Wildman–Crippen MR) is 165 cm³/mol. The van der Waals surface area contributed by atoms with Gasteiger partial charge in [0.2, 0.25) is 12.4 Å². The van der Waals surface area contributed by atoms with E-state index in [1.807, 2.05) is 0 Å². The average Bonchev–Trinajstić information content (AvgIpc) is 3.38. The fraction of sp³-hybridized carbons (Fsp3) is 0.167. The van der Waals surface area contributed by atoms with Crippen LogP contribution in [-0.4, -0.2) is 49.1 Å². The number of aryl methyl sites for hydroxylation is 1. The van der Waals surface area contributed by atoms with Crippen LogP contribution in [0.1, 0.15) is 36.6 Å². The summed E-state index contributed by atoms with van der Waals surface area (Å²) < 4.78 is 35.0. The molecule has 4 atom stereocenters. The van der Waals surface area contributed by atoms with Gasteiger partial charge in [-0.1, -0.05) is 54.6 Å². The molecule has 1 aliphatic heterocycles. The Morgan fingerprint density at radius 2 is 1.22 bits per heavy atom. The monoisotopic (exact) mass is 620 g/mol. The molecule has 1 aliphatic rings. The summed E-state index contributed by atoms with van der Waals surface area (Å²) in [5.74, 6) is -1.83. The van der Waals surface area contributed by atoms with Crippen molar-refractivity contribution < 1.29 is 42.5 Å². The molecule has 0 radical (unpaired) electrons. The normalized spacial score (nSPS) is 18.9. The van der Waals surface area contributed by atoms with Crippen molar-refractivity contribution in [3.63, 3.8) is 0 Å². The van der Waals surface area contributed by atoms with E-state index < -0.39 is 48.1 Å². The van der Waals surface area contributed by atoms with Crippen LogP contribution >= 0.6 is 0 Å². The van der Waals surface area contributed by atoms with Crippen molar-refractivity contribution in [1.29, 1.82) is 0 Å². The third kappa shape index (κ3) is 6.82. The van der Waals surface area contributed by atoms with Crippen molar-refractivity contribution in [3.8, 4) is 5.75 Å². The number of rotatable bonds is 9. The number of benzene rings is 4. The van der Waals surface area contributed by atoms with Crippen molar-refractivity contribution >= 4 is 28.9 Å². The Morgan fingerprint density at radius 3 is 1.80 bits per heavy atom. The number of carbonyl (C=O) groups is 3. The number of hydrogen-bond acceptors (Lipinski definition) is 10. The van der Waals surface area contributed by atoms with Gasteiger partial charge in [-0.2, -0.15) is 0 Å². The zero-order valence-corrected chi connectivity index (χ0v) is 24.6. The van der Waals surface area contributed by atoms with Gasteiger partial charge in [0.15, 0.2) is 6.10 Å². The molecule has 0 amide bonds. The molecule has 10 nitrogen and oxygen atoms in total. The van der Waals surface area contributed by atoms with Crippen LogP contribution in [0.3, 0.4) is 0 Å². The van der Waals surface area contributed by atoms with Crippen molar-refractivity contribution in [1.82, 2.24) is 0 Å². The average molecular weight is 621 g/mol. The predicted octanol–water partition coefficient (Wildman–Crippen LogP) is 5.51. The molecule has 232 valence electrons. The SMILES string of the molecule is Cc1cc(=O)oc2cc(O[C@@H]3O[C@@H](COC(=O)c4ccccc4)[C@H](OC(=O)c4ccccc4)[C@H]3OC(=O)c3ccccc3)ccc12. The zero-order valence-electron chi connectivity index (χ0n) is 24.6. The van der Waals surface area contributed by atoms with E-state index in [2.05, 4.69) is 0 Å². The second kappa shape index (κ2) is 13.5. The number of hydrogen-bond donors (Lipinski definition) is 0. The maximum Gasteiger partial charge on any atom is 0.338 e. The first-order valence-electron chi connectivity index (χ1n) is 14.5. The molecule has 1 fully saturated rings. The Balaban J connectivity index is 1.33. The molecule has 4 aromatic carbocycles. The van der Waals surface area contributed by atoms with Crippen LogP contribution in [0.25, 0.3) is 11.0 Å². The number of fused-ring (bicyclic) bond motifs is 1. The van der Waals surface area contributed by atoms with E-state index in [-0.39, 0.29) is 29.1 Å². The molecule has 1 saturated heterocycles. The van der Waals surface area contributed by atoms with Gasteiger partial charge in [0.25, 0.3) is 0 Å². The lowest BCUT2D eigenvalue weighted by Gasteiger charge is -2.24. The highest BCUT2D eigenvalue weighted by atomic mass is 16.7. The third-order valence-electron chi connectivity index (χ3n) is 7.34. The van der Waals surface area contributed by atoms with E-state index in [0.717, 1.165) is 5.56 Å². The van der Waals surface area contributed by atoms with E-state index in [0.29, 0.717) is 10.9 Å². The Labute approximate surface area is 263 Å². The van der Waals surface area contributed by atoms with Gasteiger partial charge < -0.3 is 28.1 Å². The number of ether oxygens (including phenoxy) is 5. The molecule has 5 aromatic rings. The van der Waals surface area contributed by atoms with E-state index in [1.165, 1.54) is 12.1 Å². The minimum atomic E-state index is -1.32. The summed E-state index contributed by atoms with van der Waals surface area (Å²) in [6.45, 7) is 1.43. The van der Waals surface area contributed by atoms with Gasteiger partial charge >= 0.3 is 23.5 Å². The van der Waals surface area contributed by atoms with Crippen molar-refractivity contribution in [2.24, 2.45) is 0 Å². The first-order valence-corrected chi connectivity index (χ1v) is 14.5. The molecule has 1 aromatic heterocycles. The van der Waals surface area contributed by atoms with Crippen LogP contribution in [0.4, 0.5) is 0 Å². The third-order valence-corrected chi connectivity index (χ3v) is 7.34. The largest absolute Gasteiger partial charge is 0.461 e. The lowest BCUT2D eigenvalue weighted by atomic mass is 10.1. The first kappa shape index (κ1) is 30.3. The lowest BCUT2D eigenvalue weighted by Crippen LogP contribution is -2.43. The molecule has 0 saturated carbocycles. The first-order chi connectivity index (χ1) is 22.4. The van der Waals surface area contributed by atoms with Crippen LogP contribution in [0.15, 0.2) is 124 Å². The highest BCUT2D eigenvalue weighted by molar-refractivity contribution is 5.91. The van der Waals surface area contributed by atoms with E-state index in [1.54, 1.807) is 110 Å². The summed E-state index contributed by atoms with van der Waals surface area (Å²) in [6, 6.07) is 31.1. The maximum absolute atomic E-state index is 13.3. The van der Waals surface area contributed by atoms with Crippen LogP contribution in [0.2, 0.25) is 0 Å². The van der Waals surface area contributed by atoms with Gasteiger partial charge in [0, 0.05) is 17.5 Å². The fourth-order valence-electron chi connectivity index (χ4n) is 5.05. The highest BCUT2D eigenvalue weighted by Gasteiger charge is 2.52. The number of esters is 3. The molecule has 0 aliphatic carbocycles. The Bertz CT molecular complexity index is 1900. The second-order valence-corrected chi connectivity index (χ2v) is 10.5. The summed E-state index contributed by atoms with van der Waals surface area (Å²) in [4.78, 5) is 51.4. The molecular formula is C36H28O10. The Kier molecular flexibility index (Phi) is 8.89. The molecule has 2 heterocycles. The van der Waals surface area contributed by atoms with Crippen LogP contribution in [0.5, 0.6) is 5.75 Å². The molecule has 0 spiro atoms. The Hall–Kier alpha value is -5.74. The zero-order chi connectivity index (χ0) is 32.0. The minimum absolute atomic E-state index is 0.224. The van der Waals surface area contributed by atoms with Gasteiger partial charge in [-0.3, -0.25) is 0 Å². The summed E-state index contributed by atoms with van der Waals surface area (Å²) in [5.41, 5.74) is 1.28. The fourth-order valence-corrected chi connectivity index (χ4v) is 5.05. The molecule has 0 bridgehead atoms. The maximum atomic E-state index is 13.3. The van der Waals surface area contributed by atoms with Crippen LogP contribution in [0, 0.1) is 6.92 Å². The smallest absolute Gasteiger partial charge is 0.338 e. The summed E-state index contributed by atoms with van der Waals surface area (Å²) in [5, 5.41) is 0.701. The topological polar surface area (TPSA) is 128 Å². The van der Waals surface area contributed by atoms with Gasteiger partial charge in [-0.05, 0) is 61.0 Å². The highest BCUT2D eigenvalue weighted by Crippen LogP contribution is 2.32. The molecule has 0 N–H and O–H groups in total. The molecular weight excluding hydrogens is 592 g/mol. The van der Waals surface area contributed by atoms with E-state index in [9.17, 15) is 19.2 Å². The van der Waals surface area contributed by atoms with Crippen LogP contribution < -0.4 is 10.4 Å². The summed E-state index contributed by atoms with van der Waals surface area (Å²) >= 11 is 0. The van der Waals surface area contributed by atoms with E-state index >= 15 is 0 Å². The molecule has 0 unspecified atom stereocenters. The van der Waals surface area contributed by atoms with Gasteiger partial charge in [-0.25, -0.2) is 19.2 Å². The van der Waals surface area contributed by atoms with Gasteiger partial charge in [0.1, 0.15) is 24.0 Å². The summed E-state index contributed by atoms with van der Waals surface area (Å²) in [6.07, 6.45) is -4.98. The summed E-state index contributed by atoms with van der Waals surface area (Å²) in [7, 11) is 0.